The fraction of sp³-hybridized carbons (Fsp3) is 0.367. The van der Waals surface area contributed by atoms with Crippen LogP contribution >= 0.6 is 0 Å². The van der Waals surface area contributed by atoms with Crippen molar-refractivity contribution in [3.8, 4) is 17.6 Å². The van der Waals surface area contributed by atoms with E-state index in [1.165, 1.54) is 0 Å². The van der Waals surface area contributed by atoms with E-state index in [4.69, 9.17) is 9.47 Å². The Morgan fingerprint density at radius 2 is 1.61 bits per heavy atom. The third-order valence-electron chi connectivity index (χ3n) is 7.10. The van der Waals surface area contributed by atoms with Gasteiger partial charge in [0.15, 0.2) is 5.78 Å². The van der Waals surface area contributed by atoms with Crippen molar-refractivity contribution in [3.05, 3.63) is 70.5 Å². The van der Waals surface area contributed by atoms with Crippen LogP contribution in [0.2, 0.25) is 0 Å². The number of para-hydroxylation sites is 1. The first-order chi connectivity index (χ1) is 17.2. The minimum atomic E-state index is -0.872. The van der Waals surface area contributed by atoms with Crippen molar-refractivity contribution in [1.29, 1.82) is 0 Å². The fourth-order valence-corrected chi connectivity index (χ4v) is 5.37. The number of ether oxygens (including phenoxy) is 2. The van der Waals surface area contributed by atoms with E-state index in [1.807, 2.05) is 32.0 Å². The van der Waals surface area contributed by atoms with Crippen molar-refractivity contribution >= 4 is 23.4 Å². The normalized spacial score (nSPS) is 16.9. The molecule has 6 nitrogen and oxygen atoms in total. The molecule has 1 heterocycles. The zero-order valence-electron chi connectivity index (χ0n) is 21.3. The SMILES string of the molecule is CC#Cc1cc(C)c(C2=C(OC(=O)Oc3ccccc3)CC3(CCN(C(C)=O)CC3)CC2=O)c(C)c1. The number of nitrogens with zero attached hydrogens (tertiary/aromatic N) is 1. The van der Waals surface area contributed by atoms with E-state index in [9.17, 15) is 14.4 Å². The number of hydrogen-bond donors (Lipinski definition) is 0. The molecule has 4 rings (SSSR count). The second-order valence-electron chi connectivity index (χ2n) is 9.71. The van der Waals surface area contributed by atoms with E-state index >= 15 is 0 Å². The highest BCUT2D eigenvalue weighted by Gasteiger charge is 2.44. The largest absolute Gasteiger partial charge is 0.519 e. The lowest BCUT2D eigenvalue weighted by Crippen LogP contribution is -2.45. The van der Waals surface area contributed by atoms with Crippen LogP contribution < -0.4 is 4.74 Å². The molecule has 186 valence electrons. The van der Waals surface area contributed by atoms with Crippen LogP contribution in [0.15, 0.2) is 48.2 Å². The highest BCUT2D eigenvalue weighted by molar-refractivity contribution is 6.23. The molecule has 1 amide bonds. The molecule has 0 bridgehead atoms. The summed E-state index contributed by atoms with van der Waals surface area (Å²) in [6, 6.07) is 12.6. The van der Waals surface area contributed by atoms with Gasteiger partial charge in [-0.25, -0.2) is 4.79 Å². The van der Waals surface area contributed by atoms with Crippen LogP contribution in [0.3, 0.4) is 0 Å². The number of allylic oxidation sites excluding steroid dienone is 2. The molecule has 1 spiro atoms. The van der Waals surface area contributed by atoms with Crippen molar-refractivity contribution in [2.75, 3.05) is 13.1 Å². The maximum atomic E-state index is 13.8. The van der Waals surface area contributed by atoms with Gasteiger partial charge in [0.1, 0.15) is 11.5 Å². The molecule has 1 saturated heterocycles. The van der Waals surface area contributed by atoms with Crippen LogP contribution in [0.4, 0.5) is 4.79 Å². The summed E-state index contributed by atoms with van der Waals surface area (Å²) >= 11 is 0. The lowest BCUT2D eigenvalue weighted by molar-refractivity contribution is -0.131. The summed E-state index contributed by atoms with van der Waals surface area (Å²) in [5, 5.41) is 0. The standard InChI is InChI=1S/C30H31NO5/c1-5-9-23-16-20(2)27(21(3)17-23)28-25(33)18-30(12-14-31(15-13-30)22(4)32)19-26(28)36-29(34)35-24-10-7-6-8-11-24/h6-8,10-11,16-17H,12-15,18-19H2,1-4H3. The third kappa shape index (κ3) is 5.36. The quantitative estimate of drug-likeness (QED) is 0.322. The van der Waals surface area contributed by atoms with Crippen LogP contribution in [0.25, 0.3) is 5.57 Å². The van der Waals surface area contributed by atoms with Crippen LogP contribution in [0.1, 0.15) is 61.8 Å². The Bertz CT molecular complexity index is 1260. The number of hydrogen-bond acceptors (Lipinski definition) is 5. The molecule has 2 aliphatic rings. The van der Waals surface area contributed by atoms with Gasteiger partial charge in [0.05, 0.1) is 5.57 Å². The van der Waals surface area contributed by atoms with Crippen molar-refractivity contribution in [2.45, 2.75) is 53.4 Å². The fourth-order valence-electron chi connectivity index (χ4n) is 5.37. The Hall–Kier alpha value is -3.85. The van der Waals surface area contributed by atoms with Crippen LogP contribution in [0.5, 0.6) is 5.75 Å². The lowest BCUT2D eigenvalue weighted by Gasteiger charge is -2.44. The van der Waals surface area contributed by atoms with Crippen molar-refractivity contribution in [3.63, 3.8) is 0 Å². The van der Waals surface area contributed by atoms with E-state index in [-0.39, 0.29) is 17.1 Å². The second kappa shape index (κ2) is 10.4. The second-order valence-corrected chi connectivity index (χ2v) is 9.71. The third-order valence-corrected chi connectivity index (χ3v) is 7.10. The van der Waals surface area contributed by atoms with Crippen molar-refractivity contribution in [2.24, 2.45) is 5.41 Å². The lowest BCUT2D eigenvalue weighted by atomic mass is 9.66. The summed E-state index contributed by atoms with van der Waals surface area (Å²) in [5.74, 6) is 6.67. The zero-order chi connectivity index (χ0) is 25.9. The molecular weight excluding hydrogens is 454 g/mol. The summed E-state index contributed by atoms with van der Waals surface area (Å²) in [6.07, 6.45) is 1.26. The molecular formula is C30H31NO5. The summed E-state index contributed by atoms with van der Waals surface area (Å²) in [5.41, 5.74) is 3.53. The molecule has 0 N–H and O–H groups in total. The molecule has 1 aliphatic carbocycles. The molecule has 1 fully saturated rings. The smallest absolute Gasteiger partial charge is 0.398 e. The Kier molecular flexibility index (Phi) is 7.30. The predicted molar refractivity (Wildman–Crippen MR) is 137 cm³/mol. The highest BCUT2D eigenvalue weighted by atomic mass is 16.7. The summed E-state index contributed by atoms with van der Waals surface area (Å²) in [6.45, 7) is 8.41. The van der Waals surface area contributed by atoms with E-state index in [1.54, 1.807) is 43.0 Å². The Labute approximate surface area is 212 Å². The number of carbonyl (C=O) groups excluding carboxylic acids is 3. The summed E-state index contributed by atoms with van der Waals surface area (Å²) < 4.78 is 11.2. The van der Waals surface area contributed by atoms with Gasteiger partial charge in [-0.2, -0.15) is 0 Å². The number of ketones is 1. The molecule has 6 heteroatoms. The van der Waals surface area contributed by atoms with Crippen molar-refractivity contribution in [1.82, 2.24) is 4.90 Å². The molecule has 0 atom stereocenters. The number of benzene rings is 2. The molecule has 0 aromatic heterocycles. The van der Waals surface area contributed by atoms with Gasteiger partial charge < -0.3 is 14.4 Å². The van der Waals surface area contributed by atoms with Gasteiger partial charge in [0.2, 0.25) is 5.91 Å². The molecule has 0 saturated carbocycles. The van der Waals surface area contributed by atoms with E-state index in [0.29, 0.717) is 55.9 Å². The molecule has 0 unspecified atom stereocenters. The molecule has 36 heavy (non-hydrogen) atoms. The van der Waals surface area contributed by atoms with Gasteiger partial charge in [0, 0.05) is 38.4 Å². The van der Waals surface area contributed by atoms with Gasteiger partial charge in [-0.3, -0.25) is 9.59 Å². The van der Waals surface area contributed by atoms with E-state index < -0.39 is 6.16 Å². The maximum absolute atomic E-state index is 13.8. The van der Waals surface area contributed by atoms with E-state index in [0.717, 1.165) is 22.3 Å². The van der Waals surface area contributed by atoms with Gasteiger partial charge in [0.25, 0.3) is 0 Å². The van der Waals surface area contributed by atoms with Gasteiger partial charge >= 0.3 is 6.16 Å². The first-order valence-electron chi connectivity index (χ1n) is 12.2. The summed E-state index contributed by atoms with van der Waals surface area (Å²) in [7, 11) is 0. The van der Waals surface area contributed by atoms with Crippen LogP contribution in [-0.4, -0.2) is 35.8 Å². The number of amides is 1. The Balaban J connectivity index is 1.73. The zero-order valence-corrected chi connectivity index (χ0v) is 21.3. The maximum Gasteiger partial charge on any atom is 0.519 e. The Morgan fingerprint density at radius 1 is 0.972 bits per heavy atom. The van der Waals surface area contributed by atoms with Gasteiger partial charge in [-0.05, 0) is 80.0 Å². The number of aryl methyl sites for hydroxylation is 2. The van der Waals surface area contributed by atoms with Gasteiger partial charge in [-0.1, -0.05) is 24.1 Å². The number of Topliss-reactive ketones (excluding diaryl/α,β-unsaturated/α-hetero) is 1. The minimum Gasteiger partial charge on any atom is -0.398 e. The minimum absolute atomic E-state index is 0.0349. The molecule has 1 aliphatic heterocycles. The first kappa shape index (κ1) is 25.2. The van der Waals surface area contributed by atoms with Crippen LogP contribution in [-0.2, 0) is 14.3 Å². The highest BCUT2D eigenvalue weighted by Crippen LogP contribution is 2.48. The van der Waals surface area contributed by atoms with Crippen molar-refractivity contribution < 1.29 is 23.9 Å². The first-order valence-corrected chi connectivity index (χ1v) is 12.2. The average Bonchev–Trinajstić information content (AvgIpc) is 2.81. The monoisotopic (exact) mass is 485 g/mol. The summed E-state index contributed by atoms with van der Waals surface area (Å²) in [4.78, 5) is 40.2. The topological polar surface area (TPSA) is 72.9 Å². The van der Waals surface area contributed by atoms with Gasteiger partial charge in [-0.15, -0.1) is 5.92 Å². The molecule has 2 aromatic carbocycles. The number of likely N-dealkylation sites (tertiary alicyclic amines) is 1. The van der Waals surface area contributed by atoms with Crippen LogP contribution in [0, 0.1) is 31.1 Å². The molecule has 0 radical (unpaired) electrons. The number of carbonyl (C=O) groups is 3. The average molecular weight is 486 g/mol. The number of piperidine rings is 1. The van der Waals surface area contributed by atoms with E-state index in [2.05, 4.69) is 11.8 Å². The molecule has 2 aromatic rings. The number of rotatable bonds is 3. The predicted octanol–water partition coefficient (Wildman–Crippen LogP) is 5.59. The Morgan fingerprint density at radius 3 is 2.19 bits per heavy atom.